The number of hydrogen-bond donors (Lipinski definition) is 1. The van der Waals surface area contributed by atoms with Crippen molar-refractivity contribution in [3.63, 3.8) is 0 Å². The Morgan fingerprint density at radius 3 is 2.65 bits per heavy atom. The maximum atomic E-state index is 5.67. The summed E-state index contributed by atoms with van der Waals surface area (Å²) in [5.74, 6) is 0. The smallest absolute Gasteiger partial charge is 0.0486 e. The van der Waals surface area contributed by atoms with Gasteiger partial charge in [-0.3, -0.25) is 0 Å². The Balaban J connectivity index is 2.24. The summed E-state index contributed by atoms with van der Waals surface area (Å²) in [4.78, 5) is 0. The van der Waals surface area contributed by atoms with Crippen LogP contribution in [0.1, 0.15) is 11.3 Å². The van der Waals surface area contributed by atoms with Crippen LogP contribution < -0.4 is 5.73 Å². The van der Waals surface area contributed by atoms with Crippen molar-refractivity contribution < 1.29 is 0 Å². The van der Waals surface area contributed by atoms with Crippen LogP contribution >= 0.6 is 0 Å². The molecule has 0 radical (unpaired) electrons. The lowest BCUT2D eigenvalue weighted by Gasteiger charge is -2.06. The number of benzene rings is 2. The SMILES string of the molecule is Cc1c(-c2cccc(CCN)c2)c2ccccc2n1C. The highest BCUT2D eigenvalue weighted by atomic mass is 14.9. The molecule has 0 unspecified atom stereocenters. The molecule has 0 amide bonds. The Hall–Kier alpha value is -2.06. The van der Waals surface area contributed by atoms with E-state index in [4.69, 9.17) is 5.73 Å². The maximum absolute atomic E-state index is 5.67. The predicted molar refractivity (Wildman–Crippen MR) is 85.9 cm³/mol. The zero-order valence-corrected chi connectivity index (χ0v) is 12.1. The van der Waals surface area contributed by atoms with Crippen molar-refractivity contribution in [3.05, 3.63) is 59.8 Å². The van der Waals surface area contributed by atoms with Gasteiger partial charge in [0.25, 0.3) is 0 Å². The van der Waals surface area contributed by atoms with Crippen LogP contribution in [0.4, 0.5) is 0 Å². The first kappa shape index (κ1) is 12.9. The molecule has 1 heterocycles. The topological polar surface area (TPSA) is 30.9 Å². The molecule has 2 heteroatoms. The first-order valence-electron chi connectivity index (χ1n) is 7.05. The molecule has 0 saturated heterocycles. The van der Waals surface area contributed by atoms with Gasteiger partial charge in [0.15, 0.2) is 0 Å². The molecule has 1 aromatic heterocycles. The molecule has 0 aliphatic heterocycles. The van der Waals surface area contributed by atoms with E-state index in [1.165, 1.54) is 33.3 Å². The molecule has 0 bridgehead atoms. The van der Waals surface area contributed by atoms with E-state index in [9.17, 15) is 0 Å². The highest BCUT2D eigenvalue weighted by Gasteiger charge is 2.13. The highest BCUT2D eigenvalue weighted by molar-refractivity contribution is 5.98. The Bertz CT molecular complexity index is 753. The van der Waals surface area contributed by atoms with Gasteiger partial charge in [0.1, 0.15) is 0 Å². The second-order valence-electron chi connectivity index (χ2n) is 5.28. The van der Waals surface area contributed by atoms with Crippen molar-refractivity contribution in [2.45, 2.75) is 13.3 Å². The van der Waals surface area contributed by atoms with E-state index in [1.807, 2.05) is 0 Å². The van der Waals surface area contributed by atoms with Crippen LogP contribution in [0.3, 0.4) is 0 Å². The highest BCUT2D eigenvalue weighted by Crippen LogP contribution is 2.34. The van der Waals surface area contributed by atoms with Crippen molar-refractivity contribution in [3.8, 4) is 11.1 Å². The van der Waals surface area contributed by atoms with Crippen LogP contribution in [0, 0.1) is 6.92 Å². The lowest BCUT2D eigenvalue weighted by Crippen LogP contribution is -2.02. The van der Waals surface area contributed by atoms with Gasteiger partial charge < -0.3 is 10.3 Å². The van der Waals surface area contributed by atoms with Crippen LogP contribution in [-0.2, 0) is 13.5 Å². The van der Waals surface area contributed by atoms with Gasteiger partial charge in [-0.15, -0.1) is 0 Å². The molecule has 2 nitrogen and oxygen atoms in total. The number of aryl methyl sites for hydroxylation is 1. The summed E-state index contributed by atoms with van der Waals surface area (Å²) >= 11 is 0. The van der Waals surface area contributed by atoms with Crippen molar-refractivity contribution in [1.29, 1.82) is 0 Å². The van der Waals surface area contributed by atoms with Crippen molar-refractivity contribution in [1.82, 2.24) is 4.57 Å². The second kappa shape index (κ2) is 5.14. The molecular formula is C18H20N2. The molecule has 0 spiro atoms. The molecule has 3 aromatic rings. The van der Waals surface area contributed by atoms with Crippen molar-refractivity contribution in [2.75, 3.05) is 6.54 Å². The van der Waals surface area contributed by atoms with Gasteiger partial charge in [0, 0.05) is 29.2 Å². The fraction of sp³-hybridized carbons (Fsp3) is 0.222. The van der Waals surface area contributed by atoms with Crippen LogP contribution in [0.5, 0.6) is 0 Å². The number of nitrogens with two attached hydrogens (primary N) is 1. The van der Waals surface area contributed by atoms with E-state index in [2.05, 4.69) is 67.1 Å². The number of rotatable bonds is 3. The normalized spacial score (nSPS) is 11.2. The van der Waals surface area contributed by atoms with E-state index in [0.717, 1.165) is 6.42 Å². The monoisotopic (exact) mass is 264 g/mol. The van der Waals surface area contributed by atoms with E-state index in [0.29, 0.717) is 6.54 Å². The number of hydrogen-bond acceptors (Lipinski definition) is 1. The van der Waals surface area contributed by atoms with E-state index >= 15 is 0 Å². The minimum absolute atomic E-state index is 0.692. The molecule has 0 saturated carbocycles. The zero-order chi connectivity index (χ0) is 14.1. The second-order valence-corrected chi connectivity index (χ2v) is 5.28. The van der Waals surface area contributed by atoms with E-state index in [-0.39, 0.29) is 0 Å². The summed E-state index contributed by atoms with van der Waals surface area (Å²) in [6, 6.07) is 17.3. The quantitative estimate of drug-likeness (QED) is 0.769. The van der Waals surface area contributed by atoms with Gasteiger partial charge in [-0.1, -0.05) is 42.5 Å². The summed E-state index contributed by atoms with van der Waals surface area (Å²) in [5, 5.41) is 1.32. The predicted octanol–water partition coefficient (Wildman–Crippen LogP) is 3.65. The Labute approximate surface area is 119 Å². The van der Waals surface area contributed by atoms with Crippen molar-refractivity contribution >= 4 is 10.9 Å². The van der Waals surface area contributed by atoms with Crippen LogP contribution in [0.2, 0.25) is 0 Å². The van der Waals surface area contributed by atoms with Gasteiger partial charge in [-0.2, -0.15) is 0 Å². The third kappa shape index (κ3) is 2.02. The molecule has 0 atom stereocenters. The summed E-state index contributed by atoms with van der Waals surface area (Å²) in [7, 11) is 2.13. The Morgan fingerprint density at radius 1 is 1.05 bits per heavy atom. The molecule has 0 aliphatic rings. The zero-order valence-electron chi connectivity index (χ0n) is 12.1. The third-order valence-electron chi connectivity index (χ3n) is 4.05. The maximum Gasteiger partial charge on any atom is 0.0486 e. The average Bonchev–Trinajstić information content (AvgIpc) is 2.72. The minimum Gasteiger partial charge on any atom is -0.347 e. The van der Waals surface area contributed by atoms with Crippen molar-refractivity contribution in [2.24, 2.45) is 12.8 Å². The van der Waals surface area contributed by atoms with Gasteiger partial charge in [-0.05, 0) is 37.1 Å². The molecule has 2 N–H and O–H groups in total. The summed E-state index contributed by atoms with van der Waals surface area (Å²) < 4.78 is 2.26. The van der Waals surface area contributed by atoms with Crippen LogP contribution in [0.25, 0.3) is 22.0 Å². The summed E-state index contributed by atoms with van der Waals surface area (Å²) in [6.07, 6.45) is 0.928. The molecule has 2 aromatic carbocycles. The molecule has 3 rings (SSSR count). The Morgan fingerprint density at radius 2 is 1.85 bits per heavy atom. The lowest BCUT2D eigenvalue weighted by molar-refractivity contribution is 0.919. The first-order valence-corrected chi connectivity index (χ1v) is 7.05. The largest absolute Gasteiger partial charge is 0.347 e. The fourth-order valence-electron chi connectivity index (χ4n) is 2.93. The first-order chi connectivity index (χ1) is 9.72. The fourth-order valence-corrected chi connectivity index (χ4v) is 2.93. The molecule has 0 fully saturated rings. The molecule has 20 heavy (non-hydrogen) atoms. The van der Waals surface area contributed by atoms with E-state index < -0.39 is 0 Å². The Kier molecular flexibility index (Phi) is 3.33. The number of para-hydroxylation sites is 1. The van der Waals surface area contributed by atoms with Gasteiger partial charge in [0.2, 0.25) is 0 Å². The molecular weight excluding hydrogens is 244 g/mol. The van der Waals surface area contributed by atoms with Gasteiger partial charge in [-0.25, -0.2) is 0 Å². The minimum atomic E-state index is 0.692. The number of nitrogens with zero attached hydrogens (tertiary/aromatic N) is 1. The number of aromatic nitrogens is 1. The van der Waals surface area contributed by atoms with Gasteiger partial charge >= 0.3 is 0 Å². The van der Waals surface area contributed by atoms with Crippen LogP contribution in [0.15, 0.2) is 48.5 Å². The molecule has 0 aliphatic carbocycles. The summed E-state index contributed by atoms with van der Waals surface area (Å²) in [5.41, 5.74) is 12.2. The molecule has 102 valence electrons. The summed E-state index contributed by atoms with van der Waals surface area (Å²) in [6.45, 7) is 2.88. The third-order valence-corrected chi connectivity index (χ3v) is 4.05. The van der Waals surface area contributed by atoms with Gasteiger partial charge in [0.05, 0.1) is 0 Å². The number of fused-ring (bicyclic) bond motifs is 1. The average molecular weight is 264 g/mol. The van der Waals surface area contributed by atoms with Crippen LogP contribution in [-0.4, -0.2) is 11.1 Å². The standard InChI is InChI=1S/C18H20N2/c1-13-18(15-7-5-6-14(12-15)10-11-19)16-8-3-4-9-17(16)20(13)2/h3-9,12H,10-11,19H2,1-2H3. The van der Waals surface area contributed by atoms with E-state index in [1.54, 1.807) is 0 Å². The lowest BCUT2D eigenvalue weighted by atomic mass is 9.99.